The quantitative estimate of drug-likeness (QED) is 0.740. The SMILES string of the molecule is CNCC1(CN(C)CCSC)CCCCC1. The molecule has 3 heteroatoms. The molecular formula is C13H28N2S. The van der Waals surface area contributed by atoms with E-state index in [2.05, 4.69) is 30.6 Å². The maximum absolute atomic E-state index is 3.41. The second-order valence-electron chi connectivity index (χ2n) is 5.32. The fraction of sp³-hybridized carbons (Fsp3) is 1.00. The van der Waals surface area contributed by atoms with Crippen LogP contribution in [0.25, 0.3) is 0 Å². The Morgan fingerprint density at radius 3 is 2.50 bits per heavy atom. The van der Waals surface area contributed by atoms with Gasteiger partial charge in [-0.05, 0) is 38.6 Å². The Hall–Kier alpha value is 0.270. The van der Waals surface area contributed by atoms with Gasteiger partial charge in [-0.2, -0.15) is 11.8 Å². The van der Waals surface area contributed by atoms with Gasteiger partial charge in [-0.25, -0.2) is 0 Å². The lowest BCUT2D eigenvalue weighted by molar-refractivity contribution is 0.123. The van der Waals surface area contributed by atoms with E-state index in [9.17, 15) is 0 Å². The van der Waals surface area contributed by atoms with E-state index in [-0.39, 0.29) is 0 Å². The van der Waals surface area contributed by atoms with Crippen LogP contribution in [0.1, 0.15) is 32.1 Å². The molecule has 0 spiro atoms. The molecule has 1 fully saturated rings. The minimum absolute atomic E-state index is 0.556. The van der Waals surface area contributed by atoms with Crippen LogP contribution in [0, 0.1) is 5.41 Å². The number of thioether (sulfide) groups is 1. The monoisotopic (exact) mass is 244 g/mol. The zero-order chi connectivity index (χ0) is 11.9. The molecule has 0 atom stereocenters. The molecule has 16 heavy (non-hydrogen) atoms. The molecule has 1 aliphatic carbocycles. The molecule has 0 heterocycles. The van der Waals surface area contributed by atoms with Crippen LogP contribution in [0.15, 0.2) is 0 Å². The third-order valence-corrected chi connectivity index (χ3v) is 4.34. The molecule has 2 nitrogen and oxygen atoms in total. The van der Waals surface area contributed by atoms with E-state index in [0.29, 0.717) is 5.41 Å². The average Bonchev–Trinajstić information content (AvgIpc) is 2.28. The molecular weight excluding hydrogens is 216 g/mol. The Kier molecular flexibility index (Phi) is 6.78. The summed E-state index contributed by atoms with van der Waals surface area (Å²) in [5, 5.41) is 3.41. The van der Waals surface area contributed by atoms with Crippen molar-refractivity contribution in [2.75, 3.05) is 45.7 Å². The first kappa shape index (κ1) is 14.3. The van der Waals surface area contributed by atoms with Crippen LogP contribution in [-0.2, 0) is 0 Å². The van der Waals surface area contributed by atoms with Crippen LogP contribution in [0.5, 0.6) is 0 Å². The van der Waals surface area contributed by atoms with Crippen LogP contribution in [0.2, 0.25) is 0 Å². The fourth-order valence-electron chi connectivity index (χ4n) is 2.97. The zero-order valence-electron chi connectivity index (χ0n) is 11.2. The van der Waals surface area contributed by atoms with Crippen molar-refractivity contribution >= 4 is 11.8 Å². The molecule has 0 saturated heterocycles. The van der Waals surface area contributed by atoms with Crippen molar-refractivity contribution in [3.63, 3.8) is 0 Å². The second-order valence-corrected chi connectivity index (χ2v) is 6.31. The highest BCUT2D eigenvalue weighted by Crippen LogP contribution is 2.36. The van der Waals surface area contributed by atoms with Crippen molar-refractivity contribution in [3.8, 4) is 0 Å². The Labute approximate surface area is 106 Å². The first-order valence-electron chi connectivity index (χ1n) is 6.54. The molecule has 0 aromatic heterocycles. The van der Waals surface area contributed by atoms with E-state index < -0.39 is 0 Å². The summed E-state index contributed by atoms with van der Waals surface area (Å²) in [6.45, 7) is 3.69. The van der Waals surface area contributed by atoms with E-state index in [1.165, 1.54) is 57.5 Å². The van der Waals surface area contributed by atoms with Crippen LogP contribution in [-0.4, -0.2) is 50.6 Å². The molecule has 1 saturated carbocycles. The molecule has 1 N–H and O–H groups in total. The van der Waals surface area contributed by atoms with Gasteiger partial charge in [0.05, 0.1) is 0 Å². The van der Waals surface area contributed by atoms with Gasteiger partial charge in [-0.3, -0.25) is 0 Å². The minimum Gasteiger partial charge on any atom is -0.319 e. The largest absolute Gasteiger partial charge is 0.319 e. The number of nitrogens with one attached hydrogen (secondary N) is 1. The van der Waals surface area contributed by atoms with Crippen molar-refractivity contribution in [3.05, 3.63) is 0 Å². The third-order valence-electron chi connectivity index (χ3n) is 3.75. The lowest BCUT2D eigenvalue weighted by Gasteiger charge is -2.40. The van der Waals surface area contributed by atoms with Gasteiger partial charge in [0.25, 0.3) is 0 Å². The first-order valence-corrected chi connectivity index (χ1v) is 7.94. The standard InChI is InChI=1S/C13H28N2S/c1-14-11-13(7-5-4-6-8-13)12-15(2)9-10-16-3/h14H,4-12H2,1-3H3. The van der Waals surface area contributed by atoms with E-state index in [1.54, 1.807) is 0 Å². The molecule has 0 bridgehead atoms. The predicted molar refractivity (Wildman–Crippen MR) is 75.3 cm³/mol. The molecule has 96 valence electrons. The van der Waals surface area contributed by atoms with Crippen molar-refractivity contribution in [2.24, 2.45) is 5.41 Å². The maximum Gasteiger partial charge on any atom is 0.00694 e. The van der Waals surface area contributed by atoms with Crippen LogP contribution in [0.4, 0.5) is 0 Å². The van der Waals surface area contributed by atoms with Crippen molar-refractivity contribution < 1.29 is 0 Å². The Balaban J connectivity index is 2.42. The van der Waals surface area contributed by atoms with E-state index >= 15 is 0 Å². The van der Waals surface area contributed by atoms with Gasteiger partial charge in [-0.1, -0.05) is 19.3 Å². The van der Waals surface area contributed by atoms with Crippen molar-refractivity contribution in [2.45, 2.75) is 32.1 Å². The highest BCUT2D eigenvalue weighted by atomic mass is 32.2. The molecule has 0 radical (unpaired) electrons. The predicted octanol–water partition coefficient (Wildman–Crippen LogP) is 2.45. The average molecular weight is 244 g/mol. The number of hydrogen-bond acceptors (Lipinski definition) is 3. The number of rotatable bonds is 7. The molecule has 1 rings (SSSR count). The highest BCUT2D eigenvalue weighted by molar-refractivity contribution is 7.98. The molecule has 0 amide bonds. The van der Waals surface area contributed by atoms with Gasteiger partial charge < -0.3 is 10.2 Å². The zero-order valence-corrected chi connectivity index (χ0v) is 12.0. The number of nitrogens with zero attached hydrogens (tertiary/aromatic N) is 1. The summed E-state index contributed by atoms with van der Waals surface area (Å²) in [6, 6.07) is 0. The highest BCUT2D eigenvalue weighted by Gasteiger charge is 2.32. The summed E-state index contributed by atoms with van der Waals surface area (Å²) < 4.78 is 0. The molecule has 0 aromatic rings. The first-order chi connectivity index (χ1) is 7.72. The van der Waals surface area contributed by atoms with Gasteiger partial charge in [0.2, 0.25) is 0 Å². The summed E-state index contributed by atoms with van der Waals surface area (Å²) in [5.74, 6) is 1.26. The van der Waals surface area contributed by atoms with Crippen LogP contribution >= 0.6 is 11.8 Å². The van der Waals surface area contributed by atoms with Crippen molar-refractivity contribution in [1.29, 1.82) is 0 Å². The summed E-state index contributed by atoms with van der Waals surface area (Å²) in [6.07, 6.45) is 9.32. The summed E-state index contributed by atoms with van der Waals surface area (Å²) in [4.78, 5) is 2.53. The maximum atomic E-state index is 3.41. The Morgan fingerprint density at radius 1 is 1.25 bits per heavy atom. The van der Waals surface area contributed by atoms with E-state index in [0.717, 1.165) is 0 Å². The normalized spacial score (nSPS) is 20.2. The van der Waals surface area contributed by atoms with Gasteiger partial charge in [0.15, 0.2) is 0 Å². The molecule has 0 unspecified atom stereocenters. The second kappa shape index (κ2) is 7.57. The summed E-state index contributed by atoms with van der Waals surface area (Å²) in [5.41, 5.74) is 0.556. The third kappa shape index (κ3) is 4.64. The van der Waals surface area contributed by atoms with E-state index in [4.69, 9.17) is 0 Å². The minimum atomic E-state index is 0.556. The lowest BCUT2D eigenvalue weighted by Crippen LogP contribution is -2.44. The van der Waals surface area contributed by atoms with Gasteiger partial charge in [0.1, 0.15) is 0 Å². The van der Waals surface area contributed by atoms with Crippen LogP contribution in [0.3, 0.4) is 0 Å². The Bertz CT molecular complexity index is 173. The van der Waals surface area contributed by atoms with Gasteiger partial charge in [0, 0.05) is 25.4 Å². The topological polar surface area (TPSA) is 15.3 Å². The van der Waals surface area contributed by atoms with Gasteiger partial charge >= 0.3 is 0 Å². The van der Waals surface area contributed by atoms with E-state index in [1.807, 2.05) is 11.8 Å². The van der Waals surface area contributed by atoms with Crippen molar-refractivity contribution in [1.82, 2.24) is 10.2 Å². The smallest absolute Gasteiger partial charge is 0.00694 e. The fourth-order valence-corrected chi connectivity index (χ4v) is 3.46. The Morgan fingerprint density at radius 2 is 1.94 bits per heavy atom. The van der Waals surface area contributed by atoms with Gasteiger partial charge in [-0.15, -0.1) is 0 Å². The van der Waals surface area contributed by atoms with Crippen LogP contribution < -0.4 is 5.32 Å². The number of hydrogen-bond donors (Lipinski definition) is 1. The lowest BCUT2D eigenvalue weighted by atomic mass is 9.73. The molecule has 0 aromatic carbocycles. The summed E-state index contributed by atoms with van der Waals surface area (Å²) >= 11 is 1.95. The summed E-state index contributed by atoms with van der Waals surface area (Å²) in [7, 11) is 4.38. The molecule has 1 aliphatic rings. The molecule has 0 aliphatic heterocycles.